The van der Waals surface area contributed by atoms with E-state index < -0.39 is 22.0 Å². The van der Waals surface area contributed by atoms with Gasteiger partial charge in [0.2, 0.25) is 5.75 Å². The number of rotatable bonds is 1. The minimum Gasteiger partial charge on any atom is -0.501 e. The number of H-pyrrole nitrogens is 1. The normalized spacial score (nSPS) is 9.45. The van der Waals surface area contributed by atoms with E-state index in [0.717, 1.165) is 12.1 Å². The van der Waals surface area contributed by atoms with Gasteiger partial charge in [-0.05, 0) is 11.0 Å². The zero-order valence-corrected chi connectivity index (χ0v) is 5.27. The lowest BCUT2D eigenvalue weighted by molar-refractivity contribution is -0.390. The maximum absolute atomic E-state index is 10.5. The van der Waals surface area contributed by atoms with Gasteiger partial charge in [0.05, 0.1) is 0 Å². The Morgan fingerprint density at radius 3 is 2.64 bits per heavy atom. The number of aromatic amines is 1. The zero-order chi connectivity index (χ0) is 8.43. The van der Waals surface area contributed by atoms with Crippen molar-refractivity contribution in [3.63, 3.8) is 0 Å². The van der Waals surface area contributed by atoms with Gasteiger partial charge in [-0.1, -0.05) is 0 Å². The summed E-state index contributed by atoms with van der Waals surface area (Å²) in [6.45, 7) is 0. The van der Waals surface area contributed by atoms with E-state index in [-0.39, 0.29) is 0 Å². The highest BCUT2D eigenvalue weighted by Crippen LogP contribution is 2.18. The van der Waals surface area contributed by atoms with Crippen molar-refractivity contribution in [1.82, 2.24) is 4.98 Å². The molecule has 0 radical (unpaired) electrons. The fourth-order valence-corrected chi connectivity index (χ4v) is 0.595. The summed E-state index contributed by atoms with van der Waals surface area (Å²) in [5.41, 5.74) is -0.616. The van der Waals surface area contributed by atoms with Crippen LogP contribution in [-0.2, 0) is 0 Å². The molecule has 1 aromatic heterocycles. The number of hydrogen-bond acceptors (Lipinski definition) is 4. The van der Waals surface area contributed by atoms with Crippen molar-refractivity contribution in [2.75, 3.05) is 0 Å². The molecule has 0 saturated carbocycles. The summed E-state index contributed by atoms with van der Waals surface area (Å²) >= 11 is 0. The lowest BCUT2D eigenvalue weighted by Gasteiger charge is -1.94. The number of aromatic nitrogens is 1. The number of pyridine rings is 1. The minimum absolute atomic E-state index is 0.547. The minimum atomic E-state index is -0.864. The first-order valence-corrected chi connectivity index (χ1v) is 2.68. The van der Waals surface area contributed by atoms with Crippen LogP contribution in [0.25, 0.3) is 0 Å². The van der Waals surface area contributed by atoms with Gasteiger partial charge in [-0.2, -0.15) is 0 Å². The quantitative estimate of drug-likeness (QED) is 0.441. The van der Waals surface area contributed by atoms with Crippen LogP contribution < -0.4 is 5.56 Å². The van der Waals surface area contributed by atoms with Crippen LogP contribution in [0.4, 0.5) is 5.82 Å². The number of hydrogen-bond donors (Lipinski definition) is 2. The lowest BCUT2D eigenvalue weighted by atomic mass is 10.4. The van der Waals surface area contributed by atoms with E-state index in [0.29, 0.717) is 0 Å². The second-order valence-electron chi connectivity index (χ2n) is 1.81. The van der Waals surface area contributed by atoms with Crippen LogP contribution in [0.3, 0.4) is 0 Å². The average molecular weight is 156 g/mol. The predicted molar refractivity (Wildman–Crippen MR) is 35.4 cm³/mol. The average Bonchev–Trinajstić information content (AvgIpc) is 1.94. The molecule has 0 aliphatic carbocycles. The summed E-state index contributed by atoms with van der Waals surface area (Å²) in [6.07, 6.45) is 0. The monoisotopic (exact) mass is 156 g/mol. The van der Waals surface area contributed by atoms with Crippen LogP contribution in [0, 0.1) is 10.1 Å². The van der Waals surface area contributed by atoms with Gasteiger partial charge in [0.1, 0.15) is 0 Å². The molecule has 58 valence electrons. The summed E-state index contributed by atoms with van der Waals surface area (Å²) in [7, 11) is 0. The Hall–Kier alpha value is -1.85. The molecule has 1 rings (SSSR count). The van der Waals surface area contributed by atoms with Gasteiger partial charge in [-0.25, -0.2) is 9.78 Å². The second-order valence-corrected chi connectivity index (χ2v) is 1.81. The van der Waals surface area contributed by atoms with Crippen LogP contribution in [0.2, 0.25) is 0 Å². The highest BCUT2D eigenvalue weighted by Gasteiger charge is 2.10. The lowest BCUT2D eigenvalue weighted by Crippen LogP contribution is -2.06. The Labute approximate surface area is 60.3 Å². The molecule has 0 unspecified atom stereocenters. The molecule has 0 fully saturated rings. The van der Waals surface area contributed by atoms with E-state index in [9.17, 15) is 14.9 Å². The van der Waals surface area contributed by atoms with Crippen molar-refractivity contribution in [2.24, 2.45) is 0 Å². The van der Waals surface area contributed by atoms with Crippen molar-refractivity contribution < 1.29 is 10.0 Å². The highest BCUT2D eigenvalue weighted by atomic mass is 16.6. The molecular weight excluding hydrogens is 152 g/mol. The maximum atomic E-state index is 10.5. The largest absolute Gasteiger partial charge is 0.501 e. The van der Waals surface area contributed by atoms with Crippen LogP contribution in [0.15, 0.2) is 16.9 Å². The Morgan fingerprint density at radius 1 is 1.55 bits per heavy atom. The van der Waals surface area contributed by atoms with E-state index in [2.05, 4.69) is 0 Å². The number of nitrogens with one attached hydrogen (secondary N) is 1. The van der Waals surface area contributed by atoms with E-state index in [4.69, 9.17) is 5.11 Å². The molecule has 0 spiro atoms. The van der Waals surface area contributed by atoms with Crippen LogP contribution >= 0.6 is 0 Å². The van der Waals surface area contributed by atoms with E-state index in [1.165, 1.54) is 0 Å². The zero-order valence-electron chi connectivity index (χ0n) is 5.27. The first-order valence-electron chi connectivity index (χ1n) is 2.68. The van der Waals surface area contributed by atoms with Crippen molar-refractivity contribution in [1.29, 1.82) is 0 Å². The van der Waals surface area contributed by atoms with Crippen molar-refractivity contribution >= 4 is 5.82 Å². The summed E-state index contributed by atoms with van der Waals surface area (Å²) in [5, 5.41) is 18.8. The smallest absolute Gasteiger partial charge is 0.365 e. The summed E-state index contributed by atoms with van der Waals surface area (Å²) < 4.78 is 0. The van der Waals surface area contributed by atoms with Crippen LogP contribution in [0.5, 0.6) is 5.75 Å². The molecule has 0 atom stereocenters. The molecule has 0 amide bonds. The number of nitrogens with zero attached hydrogens (tertiary/aromatic N) is 1. The van der Waals surface area contributed by atoms with Crippen LogP contribution in [-0.4, -0.2) is 15.0 Å². The Morgan fingerprint density at radius 2 is 2.18 bits per heavy atom. The molecule has 11 heavy (non-hydrogen) atoms. The number of nitro groups is 1. The van der Waals surface area contributed by atoms with Gasteiger partial charge in [0.15, 0.2) is 0 Å². The Kier molecular flexibility index (Phi) is 1.59. The number of aromatic hydroxyl groups is 1. The van der Waals surface area contributed by atoms with Crippen molar-refractivity contribution in [3.05, 3.63) is 32.6 Å². The molecule has 6 nitrogen and oxygen atoms in total. The molecule has 0 aliphatic heterocycles. The maximum Gasteiger partial charge on any atom is 0.365 e. The SMILES string of the molecule is O=c1ccc(O)c([N+](=O)[O-])[nH]1. The molecule has 1 aromatic rings. The molecule has 0 aromatic carbocycles. The van der Waals surface area contributed by atoms with E-state index >= 15 is 0 Å². The Bertz CT molecular complexity index is 343. The van der Waals surface area contributed by atoms with Gasteiger partial charge in [-0.3, -0.25) is 0 Å². The van der Waals surface area contributed by atoms with Crippen LogP contribution in [0.1, 0.15) is 0 Å². The third-order valence-corrected chi connectivity index (χ3v) is 1.06. The summed E-state index contributed by atoms with van der Waals surface area (Å²) in [4.78, 5) is 21.5. The molecule has 1 heterocycles. The molecule has 6 heteroatoms. The van der Waals surface area contributed by atoms with E-state index in [1.807, 2.05) is 4.98 Å². The summed E-state index contributed by atoms with van der Waals surface area (Å²) in [5.74, 6) is -1.23. The Balaban J connectivity index is 3.35. The molecule has 0 saturated heterocycles. The third-order valence-electron chi connectivity index (χ3n) is 1.06. The first-order chi connectivity index (χ1) is 5.11. The topological polar surface area (TPSA) is 96.2 Å². The van der Waals surface area contributed by atoms with Gasteiger partial charge in [-0.15, -0.1) is 0 Å². The fourth-order valence-electron chi connectivity index (χ4n) is 0.595. The van der Waals surface area contributed by atoms with E-state index in [1.54, 1.807) is 0 Å². The van der Waals surface area contributed by atoms with Gasteiger partial charge in [0.25, 0.3) is 0 Å². The second kappa shape index (κ2) is 2.41. The molecule has 2 N–H and O–H groups in total. The fraction of sp³-hybridized carbons (Fsp3) is 0. The predicted octanol–water partition coefficient (Wildman–Crippen LogP) is -0.0113. The first kappa shape index (κ1) is 7.26. The molecule has 0 bridgehead atoms. The van der Waals surface area contributed by atoms with Gasteiger partial charge >= 0.3 is 11.4 Å². The standard InChI is InChI=1S/C5H4N2O4/c8-3-1-2-4(9)6-5(3)7(10)11/h1-2,8H,(H,6,9). The molecule has 0 aliphatic rings. The highest BCUT2D eigenvalue weighted by molar-refractivity contribution is 5.36. The van der Waals surface area contributed by atoms with Gasteiger partial charge < -0.3 is 15.2 Å². The third kappa shape index (κ3) is 1.34. The van der Waals surface area contributed by atoms with Gasteiger partial charge in [0, 0.05) is 6.07 Å². The van der Waals surface area contributed by atoms with Crippen molar-refractivity contribution in [2.45, 2.75) is 0 Å². The summed E-state index contributed by atoms with van der Waals surface area (Å²) in [6, 6.07) is 1.97. The molecular formula is C5H4N2O4. The van der Waals surface area contributed by atoms with Crippen molar-refractivity contribution in [3.8, 4) is 5.75 Å².